The second kappa shape index (κ2) is 17.5. The van der Waals surface area contributed by atoms with Gasteiger partial charge in [-0.2, -0.15) is 4.31 Å². The Morgan fingerprint density at radius 2 is 1.61 bits per heavy atom. The van der Waals surface area contributed by atoms with Gasteiger partial charge in [0.25, 0.3) is 0 Å². The van der Waals surface area contributed by atoms with E-state index in [2.05, 4.69) is 10.3 Å². The maximum atomic E-state index is 14.0. The smallest absolute Gasteiger partial charge is 0.326 e. The monoisotopic (exact) mass is 859 g/mol. The van der Waals surface area contributed by atoms with E-state index in [9.17, 15) is 23.1 Å². The first-order chi connectivity index (χ1) is 28.2. The number of ether oxygens (including phenoxy) is 4. The number of aryl methyl sites for hydroxylation is 1. The molecule has 2 aliphatic heterocycles. The van der Waals surface area contributed by atoms with E-state index in [0.29, 0.717) is 62.1 Å². The Bertz CT molecular complexity index is 2480. The van der Waals surface area contributed by atoms with E-state index in [0.717, 1.165) is 26.7 Å². The second-order valence-electron chi connectivity index (χ2n) is 14.8. The molecule has 3 heterocycles. The number of amides is 1. The molecule has 7 rings (SSSR count). The molecule has 308 valence electrons. The van der Waals surface area contributed by atoms with Gasteiger partial charge in [-0.15, -0.1) is 0 Å². The Kier molecular flexibility index (Phi) is 12.4. The number of nitrogens with one attached hydrogen (secondary N) is 1. The van der Waals surface area contributed by atoms with Gasteiger partial charge in [-0.25, -0.2) is 13.2 Å². The van der Waals surface area contributed by atoms with Gasteiger partial charge in [0.2, 0.25) is 15.9 Å². The molecule has 0 aliphatic carbocycles. The molecular weight excluding hydrogens is 817 g/mol. The van der Waals surface area contributed by atoms with Gasteiger partial charge in [-0.1, -0.05) is 53.5 Å². The number of nitrogens with zero attached hydrogens (tertiary/aromatic N) is 2. The Labute approximate surface area is 353 Å². The highest BCUT2D eigenvalue weighted by Gasteiger charge is 2.42. The lowest BCUT2D eigenvalue weighted by Gasteiger charge is -2.37. The molecule has 0 spiro atoms. The summed E-state index contributed by atoms with van der Waals surface area (Å²) in [5.74, 6) is 0.803. The molecule has 0 saturated heterocycles. The van der Waals surface area contributed by atoms with Crippen molar-refractivity contribution in [1.82, 2.24) is 14.6 Å². The van der Waals surface area contributed by atoms with Crippen LogP contribution in [0.25, 0.3) is 0 Å². The summed E-state index contributed by atoms with van der Waals surface area (Å²) in [6.45, 7) is 7.30. The molecule has 59 heavy (non-hydrogen) atoms. The Morgan fingerprint density at radius 3 is 2.31 bits per heavy atom. The molecular formula is C44H43Cl2N3O9S. The number of hydrogen-bond donors (Lipinski definition) is 2. The molecule has 0 bridgehead atoms. The van der Waals surface area contributed by atoms with Gasteiger partial charge in [0.1, 0.15) is 42.5 Å². The summed E-state index contributed by atoms with van der Waals surface area (Å²) in [4.78, 5) is 30.7. The minimum Gasteiger partial charge on any atom is -0.489 e. The Morgan fingerprint density at radius 1 is 0.915 bits per heavy atom. The SMILES string of the molecule is Cc1nccc(Oc2ccc(CC(NC(=O)[C@@H]3Cc4cc5c(cc4CN3S(=O)(=O)C(C)C)O[C@@H](c3ccc(OCc4ccc(Cl)c(Cl)c4)cc3)CO5)C(=O)O)cc2)c1C. The van der Waals surface area contributed by atoms with Gasteiger partial charge >= 0.3 is 5.97 Å². The summed E-state index contributed by atoms with van der Waals surface area (Å²) in [6, 6.07) is 22.5. The molecule has 1 amide bonds. The molecule has 0 saturated carbocycles. The average Bonchev–Trinajstić information content (AvgIpc) is 3.22. The van der Waals surface area contributed by atoms with Crippen LogP contribution in [0.5, 0.6) is 28.7 Å². The van der Waals surface area contributed by atoms with E-state index in [1.54, 1.807) is 74.6 Å². The van der Waals surface area contributed by atoms with Crippen LogP contribution in [-0.4, -0.2) is 58.6 Å². The molecule has 4 aromatic carbocycles. The van der Waals surface area contributed by atoms with Crippen LogP contribution in [-0.2, 0) is 45.6 Å². The lowest BCUT2D eigenvalue weighted by Crippen LogP contribution is -2.56. The third kappa shape index (κ3) is 9.44. The summed E-state index contributed by atoms with van der Waals surface area (Å²) in [6.07, 6.45) is 1.18. The zero-order valence-corrected chi connectivity index (χ0v) is 35.1. The fourth-order valence-electron chi connectivity index (χ4n) is 6.88. The number of sulfonamides is 1. The number of carboxylic acids is 1. The molecule has 3 atom stereocenters. The summed E-state index contributed by atoms with van der Waals surface area (Å²) in [7, 11) is -3.98. The normalized spacial score (nSPS) is 16.9. The maximum Gasteiger partial charge on any atom is 0.326 e. The van der Waals surface area contributed by atoms with Crippen molar-refractivity contribution < 1.29 is 42.1 Å². The van der Waals surface area contributed by atoms with E-state index < -0.39 is 45.3 Å². The maximum absolute atomic E-state index is 14.0. The van der Waals surface area contributed by atoms with Crippen molar-refractivity contribution >= 4 is 45.1 Å². The number of aromatic nitrogens is 1. The Balaban J connectivity index is 1.04. The van der Waals surface area contributed by atoms with Crippen molar-refractivity contribution in [3.05, 3.63) is 140 Å². The highest BCUT2D eigenvalue weighted by Crippen LogP contribution is 2.41. The number of fused-ring (bicyclic) bond motifs is 2. The zero-order chi connectivity index (χ0) is 42.0. The van der Waals surface area contributed by atoms with E-state index in [1.165, 1.54) is 0 Å². The first-order valence-corrected chi connectivity index (χ1v) is 21.3. The first-order valence-electron chi connectivity index (χ1n) is 19.0. The topological polar surface area (TPSA) is 154 Å². The van der Waals surface area contributed by atoms with Gasteiger partial charge in [-0.3, -0.25) is 9.78 Å². The van der Waals surface area contributed by atoms with Crippen molar-refractivity contribution in [2.75, 3.05) is 6.61 Å². The second-order valence-corrected chi connectivity index (χ2v) is 18.1. The molecule has 2 N–H and O–H groups in total. The minimum absolute atomic E-state index is 0.00312. The van der Waals surface area contributed by atoms with Gasteiger partial charge in [-0.05, 0) is 117 Å². The number of aliphatic carboxylic acids is 1. The lowest BCUT2D eigenvalue weighted by atomic mass is 9.94. The average molecular weight is 861 g/mol. The van der Waals surface area contributed by atoms with E-state index in [1.807, 2.05) is 44.2 Å². The minimum atomic E-state index is -3.98. The van der Waals surface area contributed by atoms with Gasteiger partial charge in [0, 0.05) is 30.4 Å². The summed E-state index contributed by atoms with van der Waals surface area (Å²) in [5, 5.41) is 12.9. The standard InChI is InChI=1S/C44H43Cl2N3O9S/c1-25(2)59(53,54)49-22-32-21-41-40(56-24-42(58-41)30-8-12-33(13-9-30)55-23-29-7-14-35(45)36(46)17-29)20-31(32)19-38(49)43(50)48-37(44(51)52)18-28-5-10-34(11-6-28)57-39-15-16-47-27(4)26(39)3/h5-17,20-21,25,37-38,42H,18-19,22-24H2,1-4H3,(H,48,50)(H,51,52)/t37?,38-,42+/m0/s1. The summed E-state index contributed by atoms with van der Waals surface area (Å²) >= 11 is 12.1. The van der Waals surface area contributed by atoms with Crippen LogP contribution in [0.1, 0.15) is 59.0 Å². The summed E-state index contributed by atoms with van der Waals surface area (Å²) in [5.41, 5.74) is 5.47. The van der Waals surface area contributed by atoms with E-state index in [-0.39, 0.29) is 26.0 Å². The number of carbonyl (C=O) groups is 2. The van der Waals surface area contributed by atoms with Crippen LogP contribution in [0.3, 0.4) is 0 Å². The zero-order valence-electron chi connectivity index (χ0n) is 32.8. The fourth-order valence-corrected chi connectivity index (χ4v) is 8.59. The molecule has 5 aromatic rings. The van der Waals surface area contributed by atoms with Crippen LogP contribution in [0, 0.1) is 13.8 Å². The van der Waals surface area contributed by atoms with Crippen molar-refractivity contribution in [3.8, 4) is 28.7 Å². The predicted octanol–water partition coefficient (Wildman–Crippen LogP) is 8.17. The van der Waals surface area contributed by atoms with Crippen molar-refractivity contribution in [2.45, 2.75) is 77.1 Å². The number of halogens is 2. The molecule has 12 nitrogen and oxygen atoms in total. The molecule has 1 unspecified atom stereocenters. The van der Waals surface area contributed by atoms with Gasteiger partial charge < -0.3 is 29.4 Å². The largest absolute Gasteiger partial charge is 0.489 e. The van der Waals surface area contributed by atoms with Crippen LogP contribution in [0.15, 0.2) is 91.1 Å². The van der Waals surface area contributed by atoms with Gasteiger partial charge in [0.15, 0.2) is 17.6 Å². The molecule has 0 fully saturated rings. The lowest BCUT2D eigenvalue weighted by molar-refractivity contribution is -0.142. The highest BCUT2D eigenvalue weighted by atomic mass is 35.5. The van der Waals surface area contributed by atoms with Crippen LogP contribution < -0.4 is 24.3 Å². The van der Waals surface area contributed by atoms with Crippen molar-refractivity contribution in [3.63, 3.8) is 0 Å². The molecule has 0 radical (unpaired) electrons. The van der Waals surface area contributed by atoms with Crippen molar-refractivity contribution in [1.29, 1.82) is 0 Å². The number of rotatable bonds is 13. The van der Waals surface area contributed by atoms with Crippen LogP contribution in [0.4, 0.5) is 0 Å². The fraction of sp³-hybridized carbons (Fsp3) is 0.295. The number of hydrogen-bond acceptors (Lipinski definition) is 9. The van der Waals surface area contributed by atoms with Crippen LogP contribution >= 0.6 is 23.2 Å². The van der Waals surface area contributed by atoms with E-state index >= 15 is 0 Å². The molecule has 15 heteroatoms. The van der Waals surface area contributed by atoms with Crippen molar-refractivity contribution in [2.24, 2.45) is 0 Å². The number of carboxylic acid groups (broad SMARTS) is 1. The first kappa shape index (κ1) is 41.8. The number of carbonyl (C=O) groups excluding carboxylic acids is 1. The quantitative estimate of drug-likeness (QED) is 0.119. The van der Waals surface area contributed by atoms with Gasteiger partial charge in [0.05, 0.1) is 15.3 Å². The third-order valence-electron chi connectivity index (χ3n) is 10.5. The van der Waals surface area contributed by atoms with E-state index in [4.69, 9.17) is 42.1 Å². The number of pyridine rings is 1. The molecule has 2 aliphatic rings. The van der Waals surface area contributed by atoms with Crippen LogP contribution in [0.2, 0.25) is 10.0 Å². The number of benzene rings is 4. The highest BCUT2D eigenvalue weighted by molar-refractivity contribution is 7.89. The Hall–Kier alpha value is -5.34. The molecule has 1 aromatic heterocycles. The predicted molar refractivity (Wildman–Crippen MR) is 223 cm³/mol. The summed E-state index contributed by atoms with van der Waals surface area (Å²) < 4.78 is 53.2. The third-order valence-corrected chi connectivity index (χ3v) is 13.5.